The van der Waals surface area contributed by atoms with Crippen molar-refractivity contribution in [2.24, 2.45) is 0 Å². The zero-order valence-electron chi connectivity index (χ0n) is 10.3. The Hall–Kier alpha value is -1.06. The molecule has 3 rings (SSSR count). The minimum Gasteiger partial charge on any atom is -0.382 e. The second kappa shape index (κ2) is 5.51. The highest BCUT2D eigenvalue weighted by Gasteiger charge is 2.31. The SMILES string of the molecule is Clc1cc(NC2CC(c3ccccc3Br)C2)ccn1. The number of halogens is 2. The van der Waals surface area contributed by atoms with Gasteiger partial charge >= 0.3 is 0 Å². The summed E-state index contributed by atoms with van der Waals surface area (Å²) in [4.78, 5) is 3.98. The molecular weight excluding hydrogens is 324 g/mol. The lowest BCUT2D eigenvalue weighted by atomic mass is 9.76. The van der Waals surface area contributed by atoms with Crippen LogP contribution in [0, 0.1) is 0 Å². The van der Waals surface area contributed by atoms with Gasteiger partial charge in [-0.2, -0.15) is 0 Å². The number of hydrogen-bond donors (Lipinski definition) is 1. The van der Waals surface area contributed by atoms with E-state index in [1.165, 1.54) is 10.0 Å². The summed E-state index contributed by atoms with van der Waals surface area (Å²) in [5.74, 6) is 0.644. The van der Waals surface area contributed by atoms with Gasteiger partial charge < -0.3 is 5.32 Å². The van der Waals surface area contributed by atoms with E-state index in [2.05, 4.69) is 50.5 Å². The third-order valence-corrected chi connectivity index (χ3v) is 4.51. The first-order chi connectivity index (χ1) is 9.22. The van der Waals surface area contributed by atoms with Crippen LogP contribution in [0.5, 0.6) is 0 Å². The van der Waals surface area contributed by atoms with Crippen LogP contribution in [0.25, 0.3) is 0 Å². The molecule has 1 saturated carbocycles. The highest BCUT2D eigenvalue weighted by atomic mass is 79.9. The molecule has 1 N–H and O–H groups in total. The summed E-state index contributed by atoms with van der Waals surface area (Å²) >= 11 is 9.50. The molecule has 0 spiro atoms. The van der Waals surface area contributed by atoms with E-state index in [0.717, 1.165) is 18.5 Å². The van der Waals surface area contributed by atoms with Crippen LogP contribution in [-0.4, -0.2) is 11.0 Å². The Morgan fingerprint density at radius 2 is 2.00 bits per heavy atom. The smallest absolute Gasteiger partial charge is 0.131 e. The Kier molecular flexibility index (Phi) is 3.76. The van der Waals surface area contributed by atoms with Crippen molar-refractivity contribution in [2.45, 2.75) is 24.8 Å². The van der Waals surface area contributed by atoms with Crippen LogP contribution in [0.1, 0.15) is 24.3 Å². The summed E-state index contributed by atoms with van der Waals surface area (Å²) in [5, 5.41) is 4.03. The summed E-state index contributed by atoms with van der Waals surface area (Å²) in [6, 6.07) is 12.8. The number of nitrogens with zero attached hydrogens (tertiary/aromatic N) is 1. The average Bonchev–Trinajstić information content (AvgIpc) is 2.35. The molecule has 0 saturated heterocycles. The van der Waals surface area contributed by atoms with Gasteiger partial charge in [0.2, 0.25) is 0 Å². The van der Waals surface area contributed by atoms with Crippen molar-refractivity contribution < 1.29 is 0 Å². The lowest BCUT2D eigenvalue weighted by Gasteiger charge is -2.37. The molecule has 1 aliphatic rings. The lowest BCUT2D eigenvalue weighted by molar-refractivity contribution is 0.373. The van der Waals surface area contributed by atoms with Crippen molar-refractivity contribution in [1.82, 2.24) is 4.98 Å². The number of aromatic nitrogens is 1. The van der Waals surface area contributed by atoms with E-state index in [9.17, 15) is 0 Å². The number of hydrogen-bond acceptors (Lipinski definition) is 2. The van der Waals surface area contributed by atoms with Crippen molar-refractivity contribution in [3.8, 4) is 0 Å². The molecule has 0 aliphatic heterocycles. The van der Waals surface area contributed by atoms with Gasteiger partial charge in [-0.3, -0.25) is 0 Å². The van der Waals surface area contributed by atoms with Gasteiger partial charge in [-0.1, -0.05) is 45.7 Å². The Balaban J connectivity index is 1.60. The van der Waals surface area contributed by atoms with Crippen LogP contribution in [0.15, 0.2) is 47.1 Å². The van der Waals surface area contributed by atoms with Gasteiger partial charge in [0.1, 0.15) is 5.15 Å². The van der Waals surface area contributed by atoms with Crippen LogP contribution in [0.4, 0.5) is 5.69 Å². The Bertz CT molecular complexity index is 582. The second-order valence-corrected chi connectivity index (χ2v) is 6.14. The van der Waals surface area contributed by atoms with Crippen molar-refractivity contribution in [2.75, 3.05) is 5.32 Å². The standard InChI is InChI=1S/C15H14BrClN2/c16-14-4-2-1-3-13(14)10-7-12(8-10)19-11-5-6-18-15(17)9-11/h1-6,9-10,12H,7-8H2,(H,18,19). The van der Waals surface area contributed by atoms with E-state index >= 15 is 0 Å². The van der Waals surface area contributed by atoms with Crippen molar-refractivity contribution in [3.63, 3.8) is 0 Å². The minimum atomic E-state index is 0.524. The number of anilines is 1. The van der Waals surface area contributed by atoms with Gasteiger partial charge in [-0.25, -0.2) is 4.98 Å². The van der Waals surface area contributed by atoms with Crippen molar-refractivity contribution >= 4 is 33.2 Å². The third-order valence-electron chi connectivity index (χ3n) is 3.58. The van der Waals surface area contributed by atoms with E-state index in [-0.39, 0.29) is 0 Å². The highest BCUT2D eigenvalue weighted by molar-refractivity contribution is 9.10. The van der Waals surface area contributed by atoms with E-state index in [0.29, 0.717) is 17.1 Å². The molecule has 1 heterocycles. The molecule has 19 heavy (non-hydrogen) atoms. The molecular formula is C15H14BrClN2. The molecule has 1 aromatic heterocycles. The molecule has 0 unspecified atom stereocenters. The van der Waals surface area contributed by atoms with Gasteiger partial charge in [-0.05, 0) is 42.5 Å². The van der Waals surface area contributed by atoms with Gasteiger partial charge in [-0.15, -0.1) is 0 Å². The second-order valence-electron chi connectivity index (χ2n) is 4.90. The normalized spacial score (nSPS) is 21.8. The molecule has 0 atom stereocenters. The Morgan fingerprint density at radius 1 is 1.21 bits per heavy atom. The van der Waals surface area contributed by atoms with Crippen LogP contribution in [-0.2, 0) is 0 Å². The van der Waals surface area contributed by atoms with E-state index < -0.39 is 0 Å². The van der Waals surface area contributed by atoms with Crippen molar-refractivity contribution in [1.29, 1.82) is 0 Å². The summed E-state index contributed by atoms with van der Waals surface area (Å²) in [6.45, 7) is 0. The number of rotatable bonds is 3. The predicted octanol–water partition coefficient (Wildman–Crippen LogP) is 4.86. The van der Waals surface area contributed by atoms with E-state index in [4.69, 9.17) is 11.6 Å². The molecule has 0 radical (unpaired) electrons. The molecule has 0 amide bonds. The first-order valence-electron chi connectivity index (χ1n) is 6.35. The molecule has 98 valence electrons. The Morgan fingerprint density at radius 3 is 2.74 bits per heavy atom. The van der Waals surface area contributed by atoms with E-state index in [1.54, 1.807) is 6.20 Å². The van der Waals surface area contributed by atoms with Crippen LogP contribution < -0.4 is 5.32 Å². The fourth-order valence-electron chi connectivity index (χ4n) is 2.52. The zero-order chi connectivity index (χ0) is 13.2. The van der Waals surface area contributed by atoms with Crippen molar-refractivity contribution in [3.05, 3.63) is 57.8 Å². The summed E-state index contributed by atoms with van der Waals surface area (Å²) in [7, 11) is 0. The minimum absolute atomic E-state index is 0.524. The molecule has 1 fully saturated rings. The maximum atomic E-state index is 5.88. The number of benzene rings is 1. The maximum absolute atomic E-state index is 5.88. The first kappa shape index (κ1) is 12.9. The molecule has 0 bridgehead atoms. The van der Waals surface area contributed by atoms with Gasteiger partial charge in [0.15, 0.2) is 0 Å². The predicted molar refractivity (Wildman–Crippen MR) is 82.8 cm³/mol. The fourth-order valence-corrected chi connectivity index (χ4v) is 3.31. The molecule has 1 aliphatic carbocycles. The largest absolute Gasteiger partial charge is 0.382 e. The van der Waals surface area contributed by atoms with Gasteiger partial charge in [0, 0.05) is 22.4 Å². The number of pyridine rings is 1. The maximum Gasteiger partial charge on any atom is 0.131 e. The van der Waals surface area contributed by atoms with E-state index in [1.807, 2.05) is 12.1 Å². The third kappa shape index (κ3) is 2.93. The monoisotopic (exact) mass is 336 g/mol. The summed E-state index contributed by atoms with van der Waals surface area (Å²) in [6.07, 6.45) is 4.04. The fraction of sp³-hybridized carbons (Fsp3) is 0.267. The molecule has 1 aromatic carbocycles. The molecule has 4 heteroatoms. The van der Waals surface area contributed by atoms with Crippen LogP contribution >= 0.6 is 27.5 Å². The lowest BCUT2D eigenvalue weighted by Crippen LogP contribution is -2.34. The highest BCUT2D eigenvalue weighted by Crippen LogP contribution is 2.41. The van der Waals surface area contributed by atoms with Gasteiger partial charge in [0.05, 0.1) is 0 Å². The first-order valence-corrected chi connectivity index (χ1v) is 7.52. The zero-order valence-corrected chi connectivity index (χ0v) is 12.7. The Labute approximate surface area is 126 Å². The van der Waals surface area contributed by atoms with Crippen LogP contribution in [0.3, 0.4) is 0 Å². The summed E-state index contributed by atoms with van der Waals surface area (Å²) in [5.41, 5.74) is 2.46. The topological polar surface area (TPSA) is 24.9 Å². The molecule has 2 aromatic rings. The number of nitrogens with one attached hydrogen (secondary N) is 1. The summed E-state index contributed by atoms with van der Waals surface area (Å²) < 4.78 is 1.21. The average molecular weight is 338 g/mol. The molecule has 2 nitrogen and oxygen atoms in total. The van der Waals surface area contributed by atoms with Gasteiger partial charge in [0.25, 0.3) is 0 Å². The quantitative estimate of drug-likeness (QED) is 0.809. The van der Waals surface area contributed by atoms with Crippen LogP contribution in [0.2, 0.25) is 5.15 Å².